The predicted molar refractivity (Wildman–Crippen MR) is 84.8 cm³/mol. The minimum Gasteiger partial charge on any atom is -0.381 e. The molecule has 5 nitrogen and oxygen atoms in total. The van der Waals surface area contributed by atoms with E-state index in [1.165, 1.54) is 5.69 Å². The molecule has 0 unspecified atom stereocenters. The van der Waals surface area contributed by atoms with E-state index in [9.17, 15) is 0 Å². The average Bonchev–Trinajstić information content (AvgIpc) is 2.88. The lowest BCUT2D eigenvalue weighted by atomic mass is 10.00. The summed E-state index contributed by atoms with van der Waals surface area (Å²) in [4.78, 5) is 7.08. The quantitative estimate of drug-likeness (QED) is 0.910. The van der Waals surface area contributed by atoms with E-state index in [0.717, 1.165) is 50.5 Å². The monoisotopic (exact) mass is 288 g/mol. The molecule has 21 heavy (non-hydrogen) atoms. The molecule has 2 N–H and O–H groups in total. The number of aromatic nitrogens is 2. The standard InChI is InChI=1S/C16H24N4O/c1-19(12-13-6-10-21-11-7-13)16-14(5-8-17)20-9-3-2-4-15(20)18-16/h2-4,9,13H,5-8,10-12,17H2,1H3. The van der Waals surface area contributed by atoms with Gasteiger partial charge in [-0.1, -0.05) is 6.07 Å². The molecule has 2 aromatic heterocycles. The minimum absolute atomic E-state index is 0.640. The second-order valence-electron chi connectivity index (χ2n) is 5.79. The van der Waals surface area contributed by atoms with E-state index in [-0.39, 0.29) is 0 Å². The second kappa shape index (κ2) is 6.45. The molecule has 0 radical (unpaired) electrons. The highest BCUT2D eigenvalue weighted by atomic mass is 16.5. The smallest absolute Gasteiger partial charge is 0.150 e. The van der Waals surface area contributed by atoms with Crippen LogP contribution in [0.3, 0.4) is 0 Å². The maximum absolute atomic E-state index is 5.79. The summed E-state index contributed by atoms with van der Waals surface area (Å²) in [5, 5.41) is 0. The van der Waals surface area contributed by atoms with Crippen molar-refractivity contribution in [1.29, 1.82) is 0 Å². The van der Waals surface area contributed by atoms with Crippen molar-refractivity contribution >= 4 is 11.5 Å². The number of anilines is 1. The highest BCUT2D eigenvalue weighted by Crippen LogP contribution is 2.24. The topological polar surface area (TPSA) is 55.8 Å². The van der Waals surface area contributed by atoms with Gasteiger partial charge in [-0.3, -0.25) is 0 Å². The Morgan fingerprint density at radius 2 is 2.19 bits per heavy atom. The van der Waals surface area contributed by atoms with Crippen molar-refractivity contribution in [2.75, 3.05) is 38.3 Å². The fraction of sp³-hybridized carbons (Fsp3) is 0.562. The zero-order chi connectivity index (χ0) is 14.7. The molecule has 2 aromatic rings. The molecule has 5 heteroatoms. The minimum atomic E-state index is 0.640. The fourth-order valence-electron chi connectivity index (χ4n) is 3.11. The van der Waals surface area contributed by atoms with E-state index in [0.29, 0.717) is 12.5 Å². The number of pyridine rings is 1. The second-order valence-corrected chi connectivity index (χ2v) is 5.79. The highest BCUT2D eigenvalue weighted by Gasteiger charge is 2.20. The molecule has 114 valence electrons. The summed E-state index contributed by atoms with van der Waals surface area (Å²) in [6.07, 6.45) is 5.20. The van der Waals surface area contributed by atoms with Gasteiger partial charge in [0.25, 0.3) is 0 Å². The van der Waals surface area contributed by atoms with Crippen LogP contribution >= 0.6 is 0 Å². The van der Waals surface area contributed by atoms with Crippen LogP contribution in [0.25, 0.3) is 5.65 Å². The normalized spacial score (nSPS) is 16.5. The lowest BCUT2D eigenvalue weighted by Gasteiger charge is -2.27. The fourth-order valence-corrected chi connectivity index (χ4v) is 3.11. The van der Waals surface area contributed by atoms with Crippen LogP contribution < -0.4 is 10.6 Å². The van der Waals surface area contributed by atoms with Crippen LogP contribution in [0.2, 0.25) is 0 Å². The summed E-state index contributed by atoms with van der Waals surface area (Å²) < 4.78 is 7.60. The third kappa shape index (κ3) is 3.04. The third-order valence-corrected chi connectivity index (χ3v) is 4.22. The van der Waals surface area contributed by atoms with Crippen molar-refractivity contribution in [2.24, 2.45) is 11.7 Å². The zero-order valence-electron chi connectivity index (χ0n) is 12.7. The first-order chi connectivity index (χ1) is 10.3. The van der Waals surface area contributed by atoms with Gasteiger partial charge in [-0.15, -0.1) is 0 Å². The number of fused-ring (bicyclic) bond motifs is 1. The van der Waals surface area contributed by atoms with Crippen LogP contribution in [0.15, 0.2) is 24.4 Å². The number of nitrogens with zero attached hydrogens (tertiary/aromatic N) is 3. The summed E-state index contributed by atoms with van der Waals surface area (Å²) in [6.45, 7) is 3.45. The Labute approximate surface area is 125 Å². The molecule has 0 saturated carbocycles. The zero-order valence-corrected chi connectivity index (χ0v) is 12.7. The number of hydrogen-bond donors (Lipinski definition) is 1. The Morgan fingerprint density at radius 1 is 1.38 bits per heavy atom. The molecule has 3 rings (SSSR count). The van der Waals surface area contributed by atoms with Crippen molar-refractivity contribution in [3.05, 3.63) is 30.1 Å². The van der Waals surface area contributed by atoms with Crippen molar-refractivity contribution in [1.82, 2.24) is 9.38 Å². The Balaban J connectivity index is 1.85. The summed E-state index contributed by atoms with van der Waals surface area (Å²) in [5.74, 6) is 1.76. The lowest BCUT2D eigenvalue weighted by molar-refractivity contribution is 0.0685. The molecule has 0 spiro atoms. The van der Waals surface area contributed by atoms with Crippen LogP contribution in [0.5, 0.6) is 0 Å². The molecule has 1 saturated heterocycles. The van der Waals surface area contributed by atoms with Crippen molar-refractivity contribution < 1.29 is 4.74 Å². The Bertz CT molecular complexity index is 589. The Hall–Kier alpha value is -1.59. The molecular weight excluding hydrogens is 264 g/mol. The van der Waals surface area contributed by atoms with Gasteiger partial charge in [0, 0.05) is 39.4 Å². The van der Waals surface area contributed by atoms with E-state index in [4.69, 9.17) is 15.5 Å². The number of rotatable bonds is 5. The molecule has 0 bridgehead atoms. The first-order valence-electron chi connectivity index (χ1n) is 7.74. The molecule has 1 aliphatic rings. The summed E-state index contributed by atoms with van der Waals surface area (Å²) in [6, 6.07) is 6.11. The van der Waals surface area contributed by atoms with Crippen molar-refractivity contribution in [3.8, 4) is 0 Å². The molecule has 1 aliphatic heterocycles. The molecule has 0 aromatic carbocycles. The van der Waals surface area contributed by atoms with Crippen LogP contribution in [0.4, 0.5) is 5.82 Å². The van der Waals surface area contributed by atoms with Gasteiger partial charge in [0.15, 0.2) is 5.82 Å². The van der Waals surface area contributed by atoms with Crippen LogP contribution in [-0.4, -0.2) is 42.7 Å². The van der Waals surface area contributed by atoms with Gasteiger partial charge in [0.2, 0.25) is 0 Å². The van der Waals surface area contributed by atoms with E-state index >= 15 is 0 Å². The van der Waals surface area contributed by atoms with E-state index in [2.05, 4.69) is 22.5 Å². The van der Waals surface area contributed by atoms with Crippen molar-refractivity contribution in [2.45, 2.75) is 19.3 Å². The average molecular weight is 288 g/mol. The van der Waals surface area contributed by atoms with E-state index in [1.807, 2.05) is 18.2 Å². The highest BCUT2D eigenvalue weighted by molar-refractivity contribution is 5.55. The maximum Gasteiger partial charge on any atom is 0.150 e. The number of nitrogens with two attached hydrogens (primary N) is 1. The molecule has 0 atom stereocenters. The summed E-state index contributed by atoms with van der Waals surface area (Å²) in [5.41, 5.74) is 7.99. The van der Waals surface area contributed by atoms with Gasteiger partial charge in [0.1, 0.15) is 5.65 Å². The molecule has 0 amide bonds. The number of imidazole rings is 1. The predicted octanol–water partition coefficient (Wildman–Crippen LogP) is 1.70. The summed E-state index contributed by atoms with van der Waals surface area (Å²) >= 11 is 0. The first-order valence-corrected chi connectivity index (χ1v) is 7.74. The summed E-state index contributed by atoms with van der Waals surface area (Å²) in [7, 11) is 2.14. The van der Waals surface area contributed by atoms with Gasteiger partial charge in [-0.05, 0) is 37.4 Å². The molecule has 0 aliphatic carbocycles. The van der Waals surface area contributed by atoms with E-state index in [1.54, 1.807) is 0 Å². The van der Waals surface area contributed by atoms with Gasteiger partial charge in [0.05, 0.1) is 5.69 Å². The lowest BCUT2D eigenvalue weighted by Crippen LogP contribution is -2.30. The first kappa shape index (κ1) is 14.4. The van der Waals surface area contributed by atoms with Gasteiger partial charge in [-0.25, -0.2) is 4.98 Å². The van der Waals surface area contributed by atoms with E-state index < -0.39 is 0 Å². The van der Waals surface area contributed by atoms with Gasteiger partial charge in [-0.2, -0.15) is 0 Å². The number of ether oxygens (including phenoxy) is 1. The van der Waals surface area contributed by atoms with Crippen LogP contribution in [0, 0.1) is 5.92 Å². The Kier molecular flexibility index (Phi) is 4.41. The molecule has 3 heterocycles. The molecular formula is C16H24N4O. The van der Waals surface area contributed by atoms with Gasteiger partial charge < -0.3 is 19.8 Å². The third-order valence-electron chi connectivity index (χ3n) is 4.22. The number of hydrogen-bond acceptors (Lipinski definition) is 4. The SMILES string of the molecule is CN(CC1CCOCC1)c1nc2ccccn2c1CCN. The molecule has 1 fully saturated rings. The Morgan fingerprint density at radius 3 is 2.95 bits per heavy atom. The van der Waals surface area contributed by atoms with Gasteiger partial charge >= 0.3 is 0 Å². The maximum atomic E-state index is 5.79. The van der Waals surface area contributed by atoms with Crippen LogP contribution in [0.1, 0.15) is 18.5 Å². The largest absolute Gasteiger partial charge is 0.381 e. The van der Waals surface area contributed by atoms with Crippen LogP contribution in [-0.2, 0) is 11.2 Å². The van der Waals surface area contributed by atoms with Crippen molar-refractivity contribution in [3.63, 3.8) is 0 Å².